The second kappa shape index (κ2) is 8.41. The first-order valence-electron chi connectivity index (χ1n) is 10.1. The lowest BCUT2D eigenvalue weighted by molar-refractivity contribution is -0.149. The van der Waals surface area contributed by atoms with Crippen LogP contribution in [0.2, 0.25) is 0 Å². The number of ether oxygens (including phenoxy) is 3. The SMILES string of the molecule is COc1cc2c(cc1OCCS(C)(=O)=O)CCN1CC(OC(C)(C)C)C(O)CC21. The lowest BCUT2D eigenvalue weighted by atomic mass is 9.84. The largest absolute Gasteiger partial charge is 0.493 e. The van der Waals surface area contributed by atoms with E-state index >= 15 is 0 Å². The van der Waals surface area contributed by atoms with Crippen molar-refractivity contribution in [3.63, 3.8) is 0 Å². The molecule has 7 nitrogen and oxygen atoms in total. The summed E-state index contributed by atoms with van der Waals surface area (Å²) in [7, 11) is -1.51. The van der Waals surface area contributed by atoms with Crippen molar-refractivity contribution in [3.05, 3.63) is 23.3 Å². The van der Waals surface area contributed by atoms with Crippen LogP contribution >= 0.6 is 0 Å². The molecule has 164 valence electrons. The summed E-state index contributed by atoms with van der Waals surface area (Å²) < 4.78 is 40.0. The molecule has 8 heteroatoms. The Hall–Kier alpha value is -1.35. The molecule has 0 spiro atoms. The zero-order valence-electron chi connectivity index (χ0n) is 18.0. The Balaban J connectivity index is 1.79. The number of fused-ring (bicyclic) bond motifs is 3. The van der Waals surface area contributed by atoms with Gasteiger partial charge in [-0.15, -0.1) is 0 Å². The quantitative estimate of drug-likeness (QED) is 0.743. The molecule has 0 saturated carbocycles. The van der Waals surface area contributed by atoms with Crippen molar-refractivity contribution in [2.24, 2.45) is 0 Å². The third-order valence-electron chi connectivity index (χ3n) is 5.42. The Morgan fingerprint density at radius 3 is 2.59 bits per heavy atom. The Bertz CT molecular complexity index is 832. The van der Waals surface area contributed by atoms with Gasteiger partial charge in [-0.1, -0.05) is 0 Å². The van der Waals surface area contributed by atoms with Gasteiger partial charge in [0, 0.05) is 25.4 Å². The molecular weight excluding hydrogens is 394 g/mol. The topological polar surface area (TPSA) is 85.3 Å². The number of piperidine rings is 1. The molecule has 1 saturated heterocycles. The molecule has 2 aliphatic heterocycles. The number of sulfone groups is 1. The molecule has 0 radical (unpaired) electrons. The Labute approximate surface area is 173 Å². The summed E-state index contributed by atoms with van der Waals surface area (Å²) in [6.45, 7) is 7.68. The van der Waals surface area contributed by atoms with E-state index < -0.39 is 15.9 Å². The zero-order valence-corrected chi connectivity index (χ0v) is 18.8. The van der Waals surface area contributed by atoms with E-state index in [1.165, 1.54) is 6.26 Å². The molecule has 0 bridgehead atoms. The van der Waals surface area contributed by atoms with Crippen molar-refractivity contribution in [2.45, 2.75) is 57.5 Å². The maximum Gasteiger partial charge on any atom is 0.161 e. The van der Waals surface area contributed by atoms with Gasteiger partial charge in [0.2, 0.25) is 0 Å². The van der Waals surface area contributed by atoms with Crippen LogP contribution in [0.5, 0.6) is 11.5 Å². The number of methoxy groups -OCH3 is 1. The van der Waals surface area contributed by atoms with E-state index in [0.29, 0.717) is 24.5 Å². The molecule has 2 heterocycles. The summed E-state index contributed by atoms with van der Waals surface area (Å²) in [6.07, 6.45) is 1.92. The highest BCUT2D eigenvalue weighted by molar-refractivity contribution is 7.90. The van der Waals surface area contributed by atoms with E-state index in [2.05, 4.69) is 4.90 Å². The number of benzene rings is 1. The summed E-state index contributed by atoms with van der Waals surface area (Å²) >= 11 is 0. The second-order valence-electron chi connectivity index (χ2n) is 9.01. The van der Waals surface area contributed by atoms with Gasteiger partial charge in [0.1, 0.15) is 6.61 Å². The van der Waals surface area contributed by atoms with Crippen molar-refractivity contribution in [2.75, 3.05) is 38.8 Å². The van der Waals surface area contributed by atoms with Crippen LogP contribution in [0.3, 0.4) is 0 Å². The highest BCUT2D eigenvalue weighted by Crippen LogP contribution is 2.42. The van der Waals surface area contributed by atoms with Gasteiger partial charge in [0.05, 0.1) is 30.7 Å². The van der Waals surface area contributed by atoms with E-state index in [0.717, 1.165) is 24.1 Å². The van der Waals surface area contributed by atoms with E-state index in [1.807, 2.05) is 32.9 Å². The maximum atomic E-state index is 11.4. The van der Waals surface area contributed by atoms with Crippen LogP contribution in [0, 0.1) is 0 Å². The van der Waals surface area contributed by atoms with Crippen molar-refractivity contribution in [3.8, 4) is 11.5 Å². The average molecular weight is 428 g/mol. The molecule has 1 aromatic rings. The minimum atomic E-state index is -3.08. The molecule has 1 fully saturated rings. The van der Waals surface area contributed by atoms with E-state index in [1.54, 1.807) is 7.11 Å². The highest BCUT2D eigenvalue weighted by Gasteiger charge is 2.40. The highest BCUT2D eigenvalue weighted by atomic mass is 32.2. The summed E-state index contributed by atoms with van der Waals surface area (Å²) in [5, 5.41) is 10.7. The Morgan fingerprint density at radius 2 is 1.97 bits per heavy atom. The molecule has 0 aliphatic carbocycles. The van der Waals surface area contributed by atoms with Crippen LogP contribution in [0.15, 0.2) is 12.1 Å². The standard InChI is InChI=1S/C21H33NO6S/c1-21(2,3)28-20-13-22-7-6-14-10-19(27-8-9-29(5,24)25)18(26-4)11-15(14)16(22)12-17(20)23/h10-11,16-17,20,23H,6-9,12-13H2,1-5H3. The summed E-state index contributed by atoms with van der Waals surface area (Å²) in [6, 6.07) is 4.03. The number of aliphatic hydroxyl groups is 1. The fourth-order valence-corrected chi connectivity index (χ4v) is 4.52. The lowest BCUT2D eigenvalue weighted by Crippen LogP contribution is -2.53. The normalized spacial score (nSPS) is 25.2. The number of rotatable bonds is 6. The maximum absolute atomic E-state index is 11.4. The monoisotopic (exact) mass is 427 g/mol. The lowest BCUT2D eigenvalue weighted by Gasteiger charge is -2.46. The van der Waals surface area contributed by atoms with Crippen molar-refractivity contribution >= 4 is 9.84 Å². The van der Waals surface area contributed by atoms with Crippen LogP contribution in [-0.2, 0) is 21.0 Å². The third-order valence-corrected chi connectivity index (χ3v) is 6.33. The van der Waals surface area contributed by atoms with Gasteiger partial charge in [-0.05, 0) is 56.9 Å². The summed E-state index contributed by atoms with van der Waals surface area (Å²) in [5.41, 5.74) is 1.99. The molecule has 1 N–H and O–H groups in total. The minimum absolute atomic E-state index is 0.0367. The van der Waals surface area contributed by atoms with Gasteiger partial charge in [-0.2, -0.15) is 0 Å². The number of hydrogen-bond acceptors (Lipinski definition) is 7. The average Bonchev–Trinajstić information content (AvgIpc) is 2.59. The van der Waals surface area contributed by atoms with E-state index in [-0.39, 0.29) is 30.1 Å². The molecule has 29 heavy (non-hydrogen) atoms. The molecule has 3 rings (SSSR count). The van der Waals surface area contributed by atoms with Crippen LogP contribution in [0.1, 0.15) is 44.4 Å². The molecule has 3 unspecified atom stereocenters. The van der Waals surface area contributed by atoms with Crippen LogP contribution in [-0.4, -0.2) is 75.0 Å². The Kier molecular flexibility index (Phi) is 6.48. The van der Waals surface area contributed by atoms with Crippen LogP contribution < -0.4 is 9.47 Å². The fourth-order valence-electron chi connectivity index (χ4n) is 4.13. The van der Waals surface area contributed by atoms with Gasteiger partial charge in [0.15, 0.2) is 21.3 Å². The third kappa shape index (κ3) is 5.63. The van der Waals surface area contributed by atoms with Gasteiger partial charge in [-0.3, -0.25) is 4.90 Å². The van der Waals surface area contributed by atoms with Gasteiger partial charge >= 0.3 is 0 Å². The number of aliphatic hydroxyl groups excluding tert-OH is 1. The smallest absolute Gasteiger partial charge is 0.161 e. The van der Waals surface area contributed by atoms with Gasteiger partial charge in [0.25, 0.3) is 0 Å². The first-order chi connectivity index (χ1) is 13.5. The number of nitrogens with zero attached hydrogens (tertiary/aromatic N) is 1. The zero-order chi connectivity index (χ0) is 21.4. The van der Waals surface area contributed by atoms with Crippen molar-refractivity contribution < 1.29 is 27.7 Å². The predicted octanol–water partition coefficient (Wildman–Crippen LogP) is 1.97. The predicted molar refractivity (Wildman–Crippen MR) is 111 cm³/mol. The minimum Gasteiger partial charge on any atom is -0.493 e. The molecule has 0 aromatic heterocycles. The second-order valence-corrected chi connectivity index (χ2v) is 11.3. The van der Waals surface area contributed by atoms with E-state index in [4.69, 9.17) is 14.2 Å². The van der Waals surface area contributed by atoms with Gasteiger partial charge < -0.3 is 19.3 Å². The fraction of sp³-hybridized carbons (Fsp3) is 0.714. The molecular formula is C21H33NO6S. The first-order valence-corrected chi connectivity index (χ1v) is 12.1. The van der Waals surface area contributed by atoms with E-state index in [9.17, 15) is 13.5 Å². The summed E-state index contributed by atoms with van der Waals surface area (Å²) in [4.78, 5) is 2.37. The molecule has 3 atom stereocenters. The first kappa shape index (κ1) is 22.3. The molecule has 2 aliphatic rings. The summed E-state index contributed by atoms with van der Waals surface area (Å²) in [5.74, 6) is 1.11. The van der Waals surface area contributed by atoms with Crippen molar-refractivity contribution in [1.82, 2.24) is 4.90 Å². The molecule has 1 aromatic carbocycles. The number of hydrogen-bond donors (Lipinski definition) is 1. The van der Waals surface area contributed by atoms with Crippen molar-refractivity contribution in [1.29, 1.82) is 0 Å². The van der Waals surface area contributed by atoms with Crippen LogP contribution in [0.25, 0.3) is 0 Å². The van der Waals surface area contributed by atoms with Gasteiger partial charge in [-0.25, -0.2) is 8.42 Å². The Morgan fingerprint density at radius 1 is 1.24 bits per heavy atom. The molecule has 0 amide bonds. The van der Waals surface area contributed by atoms with Crippen LogP contribution in [0.4, 0.5) is 0 Å².